The SMILES string of the molecule is CC(C)OC(=O)C[S+]([O-])c1ccc(C(=O)N2CCN(c3cccc(Cl)c3)[C@@H](C)[C@@H]2C)cc1Cl. The van der Waals surface area contributed by atoms with Crippen LogP contribution in [0.5, 0.6) is 0 Å². The summed E-state index contributed by atoms with van der Waals surface area (Å²) in [6, 6.07) is 12.4. The standard InChI is InChI=1S/C24H28Cl2N2O4S/c1-15(2)32-23(29)14-33(31)22-9-8-18(12-21(22)26)24(30)28-11-10-27(16(3)17(28)4)20-7-5-6-19(25)13-20/h5-9,12-13,15-17H,10-11,14H2,1-4H3/t16-,17-,33?/m0/s1. The van der Waals surface area contributed by atoms with E-state index in [0.717, 1.165) is 5.69 Å². The van der Waals surface area contributed by atoms with Crippen molar-refractivity contribution < 1.29 is 18.9 Å². The maximum atomic E-state index is 13.3. The highest BCUT2D eigenvalue weighted by Gasteiger charge is 2.34. The van der Waals surface area contributed by atoms with Crippen molar-refractivity contribution in [2.45, 2.75) is 50.8 Å². The van der Waals surface area contributed by atoms with E-state index in [2.05, 4.69) is 11.8 Å². The Morgan fingerprint density at radius 2 is 1.85 bits per heavy atom. The summed E-state index contributed by atoms with van der Waals surface area (Å²) in [6.45, 7) is 8.77. The van der Waals surface area contributed by atoms with Crippen molar-refractivity contribution in [1.29, 1.82) is 0 Å². The smallest absolute Gasteiger partial charge is 0.357 e. The summed E-state index contributed by atoms with van der Waals surface area (Å²) in [5.74, 6) is -0.982. The highest BCUT2D eigenvalue weighted by molar-refractivity contribution is 7.92. The summed E-state index contributed by atoms with van der Waals surface area (Å²) in [6.07, 6.45) is -0.284. The van der Waals surface area contributed by atoms with E-state index in [1.165, 1.54) is 6.07 Å². The van der Waals surface area contributed by atoms with Crippen LogP contribution in [0, 0.1) is 0 Å². The number of anilines is 1. The third-order valence-electron chi connectivity index (χ3n) is 5.70. The summed E-state index contributed by atoms with van der Waals surface area (Å²) in [5, 5.41) is 0.866. The van der Waals surface area contributed by atoms with Crippen molar-refractivity contribution in [3.05, 3.63) is 58.1 Å². The molecule has 0 N–H and O–H groups in total. The second kappa shape index (κ2) is 11.0. The lowest BCUT2D eigenvalue weighted by atomic mass is 10.0. The Balaban J connectivity index is 1.71. The van der Waals surface area contributed by atoms with Crippen LogP contribution in [0.3, 0.4) is 0 Å². The van der Waals surface area contributed by atoms with Gasteiger partial charge >= 0.3 is 5.97 Å². The van der Waals surface area contributed by atoms with Crippen LogP contribution in [0.4, 0.5) is 5.69 Å². The van der Waals surface area contributed by atoms with Gasteiger partial charge in [0.2, 0.25) is 5.75 Å². The Kier molecular flexibility index (Phi) is 8.56. The van der Waals surface area contributed by atoms with E-state index >= 15 is 0 Å². The number of hydrogen-bond acceptors (Lipinski definition) is 5. The number of carbonyl (C=O) groups is 2. The molecular weight excluding hydrogens is 483 g/mol. The molecule has 6 nitrogen and oxygen atoms in total. The number of piperazine rings is 1. The molecule has 0 aromatic heterocycles. The Hall–Kier alpha value is -1.93. The topological polar surface area (TPSA) is 72.9 Å². The van der Waals surface area contributed by atoms with Crippen LogP contribution in [0.2, 0.25) is 10.0 Å². The normalized spacial score (nSPS) is 19.5. The number of hydrogen-bond donors (Lipinski definition) is 0. The molecular formula is C24H28Cl2N2O4S. The summed E-state index contributed by atoms with van der Waals surface area (Å²) in [4.78, 5) is 29.5. The molecule has 33 heavy (non-hydrogen) atoms. The molecule has 2 aromatic carbocycles. The molecule has 2 aromatic rings. The number of amides is 1. The number of esters is 1. The van der Waals surface area contributed by atoms with Gasteiger partial charge in [0, 0.05) is 41.4 Å². The molecule has 1 fully saturated rings. The molecule has 9 heteroatoms. The van der Waals surface area contributed by atoms with E-state index in [1.807, 2.05) is 36.1 Å². The predicted molar refractivity (Wildman–Crippen MR) is 133 cm³/mol. The van der Waals surface area contributed by atoms with Crippen LogP contribution in [-0.4, -0.2) is 58.4 Å². The molecule has 0 saturated carbocycles. The molecule has 1 aliphatic rings. The van der Waals surface area contributed by atoms with Crippen LogP contribution in [0.25, 0.3) is 0 Å². The maximum Gasteiger partial charge on any atom is 0.357 e. The monoisotopic (exact) mass is 510 g/mol. The predicted octanol–water partition coefficient (Wildman–Crippen LogP) is 4.79. The molecule has 3 atom stereocenters. The number of halogens is 2. The van der Waals surface area contributed by atoms with Crippen molar-refractivity contribution in [3.8, 4) is 0 Å². The second-order valence-electron chi connectivity index (χ2n) is 8.33. The molecule has 0 spiro atoms. The lowest BCUT2D eigenvalue weighted by Crippen LogP contribution is -2.59. The molecule has 1 saturated heterocycles. The lowest BCUT2D eigenvalue weighted by molar-refractivity contribution is -0.144. The van der Waals surface area contributed by atoms with E-state index in [0.29, 0.717) is 28.6 Å². The van der Waals surface area contributed by atoms with Crippen LogP contribution in [-0.2, 0) is 20.7 Å². The first-order chi connectivity index (χ1) is 15.6. The quantitative estimate of drug-likeness (QED) is 0.412. The average Bonchev–Trinajstić information content (AvgIpc) is 2.74. The summed E-state index contributed by atoms with van der Waals surface area (Å²) in [5.41, 5.74) is 1.44. The molecule has 1 amide bonds. The van der Waals surface area contributed by atoms with Crippen LogP contribution < -0.4 is 4.90 Å². The molecule has 1 heterocycles. The fraction of sp³-hybridized carbons (Fsp3) is 0.417. The summed E-state index contributed by atoms with van der Waals surface area (Å²) >= 11 is 10.8. The first kappa shape index (κ1) is 25.7. The highest BCUT2D eigenvalue weighted by Crippen LogP contribution is 2.29. The Morgan fingerprint density at radius 3 is 2.48 bits per heavy atom. The van der Waals surface area contributed by atoms with Crippen molar-refractivity contribution in [2.75, 3.05) is 23.7 Å². The zero-order chi connectivity index (χ0) is 24.3. The van der Waals surface area contributed by atoms with Gasteiger partial charge in [-0.2, -0.15) is 0 Å². The van der Waals surface area contributed by atoms with E-state index in [-0.39, 0.29) is 34.9 Å². The molecule has 0 aliphatic carbocycles. The van der Waals surface area contributed by atoms with Gasteiger partial charge in [-0.25, -0.2) is 4.79 Å². The van der Waals surface area contributed by atoms with Crippen molar-refractivity contribution in [3.63, 3.8) is 0 Å². The minimum Gasteiger partial charge on any atom is -0.611 e. The van der Waals surface area contributed by atoms with Gasteiger partial charge in [-0.15, -0.1) is 0 Å². The van der Waals surface area contributed by atoms with Gasteiger partial charge in [0.05, 0.1) is 11.1 Å². The largest absolute Gasteiger partial charge is 0.611 e. The van der Waals surface area contributed by atoms with E-state index in [1.54, 1.807) is 26.0 Å². The molecule has 0 bridgehead atoms. The fourth-order valence-corrected chi connectivity index (χ4v) is 5.47. The fourth-order valence-electron chi connectivity index (χ4n) is 3.92. The Bertz CT molecular complexity index is 1020. The second-order valence-corrected chi connectivity index (χ2v) is 10.6. The third-order valence-corrected chi connectivity index (χ3v) is 7.71. The average molecular weight is 511 g/mol. The minimum atomic E-state index is -1.66. The van der Waals surface area contributed by atoms with Crippen molar-refractivity contribution in [1.82, 2.24) is 4.90 Å². The van der Waals surface area contributed by atoms with Crippen LogP contribution >= 0.6 is 23.2 Å². The van der Waals surface area contributed by atoms with Gasteiger partial charge in [-0.05, 0) is 75.3 Å². The minimum absolute atomic E-state index is 0.0522. The van der Waals surface area contributed by atoms with E-state index < -0.39 is 17.1 Å². The number of benzene rings is 2. The van der Waals surface area contributed by atoms with Crippen molar-refractivity contribution in [2.24, 2.45) is 0 Å². The first-order valence-electron chi connectivity index (χ1n) is 10.8. The maximum absolute atomic E-state index is 13.3. The molecule has 0 radical (unpaired) electrons. The zero-order valence-corrected chi connectivity index (χ0v) is 21.4. The molecule has 178 valence electrons. The van der Waals surface area contributed by atoms with Gasteiger partial charge < -0.3 is 19.1 Å². The van der Waals surface area contributed by atoms with Gasteiger partial charge in [-0.3, -0.25) is 4.79 Å². The molecule has 1 unspecified atom stereocenters. The van der Waals surface area contributed by atoms with Crippen molar-refractivity contribution >= 4 is 51.9 Å². The van der Waals surface area contributed by atoms with Crippen LogP contribution in [0.15, 0.2) is 47.4 Å². The molecule has 3 rings (SSSR count). The van der Waals surface area contributed by atoms with Gasteiger partial charge in [0.25, 0.3) is 5.91 Å². The summed E-state index contributed by atoms with van der Waals surface area (Å²) in [7, 11) is 0. The number of rotatable bonds is 6. The molecule has 1 aliphatic heterocycles. The van der Waals surface area contributed by atoms with Gasteiger partial charge in [0.1, 0.15) is 0 Å². The number of ether oxygens (including phenoxy) is 1. The summed E-state index contributed by atoms with van der Waals surface area (Å²) < 4.78 is 17.6. The van der Waals surface area contributed by atoms with Gasteiger partial charge in [-0.1, -0.05) is 29.3 Å². The number of nitrogens with zero attached hydrogens (tertiary/aromatic N) is 2. The first-order valence-corrected chi connectivity index (χ1v) is 12.9. The van der Waals surface area contributed by atoms with E-state index in [4.69, 9.17) is 27.9 Å². The number of carbonyl (C=O) groups excluding carboxylic acids is 2. The Morgan fingerprint density at radius 1 is 1.12 bits per heavy atom. The zero-order valence-electron chi connectivity index (χ0n) is 19.1. The third kappa shape index (κ3) is 6.15. The lowest BCUT2D eigenvalue weighted by Gasteiger charge is -2.46. The van der Waals surface area contributed by atoms with Crippen LogP contribution in [0.1, 0.15) is 38.1 Å². The van der Waals surface area contributed by atoms with E-state index in [9.17, 15) is 14.1 Å². The van der Waals surface area contributed by atoms with Gasteiger partial charge in [0.15, 0.2) is 4.90 Å². The highest BCUT2D eigenvalue weighted by atomic mass is 35.5. The Labute approximate surface area is 208 Å².